The van der Waals surface area contributed by atoms with Crippen LogP contribution in [0, 0.1) is 0 Å². The normalized spacial score (nSPS) is 20.9. The van der Waals surface area contributed by atoms with Crippen LogP contribution < -0.4 is 4.72 Å². The molecule has 1 heterocycles. The highest BCUT2D eigenvalue weighted by molar-refractivity contribution is 7.87. The van der Waals surface area contributed by atoms with Crippen LogP contribution in [0.3, 0.4) is 0 Å². The zero-order valence-corrected chi connectivity index (χ0v) is 8.75. The Hall–Kier alpha value is -0.660. The van der Waals surface area contributed by atoms with Gasteiger partial charge in [0.2, 0.25) is 0 Å². The third-order valence-electron chi connectivity index (χ3n) is 2.10. The van der Waals surface area contributed by atoms with E-state index < -0.39 is 22.2 Å². The summed E-state index contributed by atoms with van der Waals surface area (Å²) in [6.45, 7) is 2.25. The van der Waals surface area contributed by atoms with E-state index in [4.69, 9.17) is 5.11 Å². The fraction of sp³-hybridized carbons (Fsp3) is 0.857. The van der Waals surface area contributed by atoms with Gasteiger partial charge in [0, 0.05) is 13.1 Å². The fourth-order valence-corrected chi connectivity index (χ4v) is 2.71. The summed E-state index contributed by atoms with van der Waals surface area (Å²) in [7, 11) is -3.60. The molecule has 0 aromatic heterocycles. The molecular formula is C7H14N2O4S. The van der Waals surface area contributed by atoms with E-state index in [0.29, 0.717) is 13.1 Å². The number of nitrogens with one attached hydrogen (secondary N) is 1. The van der Waals surface area contributed by atoms with E-state index in [9.17, 15) is 13.2 Å². The number of aliphatic carboxylic acids is 1. The third kappa shape index (κ3) is 2.66. The minimum atomic E-state index is -3.60. The summed E-state index contributed by atoms with van der Waals surface area (Å²) in [5.74, 6) is -1.17. The molecule has 1 rings (SSSR count). The summed E-state index contributed by atoms with van der Waals surface area (Å²) >= 11 is 0. The van der Waals surface area contributed by atoms with Gasteiger partial charge in [0.05, 0.1) is 0 Å². The lowest BCUT2D eigenvalue weighted by molar-refractivity contribution is -0.138. The summed E-state index contributed by atoms with van der Waals surface area (Å²) in [5.41, 5.74) is 0. The number of hydrogen-bond acceptors (Lipinski definition) is 3. The Morgan fingerprint density at radius 3 is 2.36 bits per heavy atom. The highest BCUT2D eigenvalue weighted by Gasteiger charge is 2.28. The molecule has 14 heavy (non-hydrogen) atoms. The zero-order valence-electron chi connectivity index (χ0n) is 7.93. The van der Waals surface area contributed by atoms with Crippen molar-refractivity contribution < 1.29 is 18.3 Å². The topological polar surface area (TPSA) is 86.7 Å². The molecule has 0 bridgehead atoms. The van der Waals surface area contributed by atoms with Crippen molar-refractivity contribution in [3.63, 3.8) is 0 Å². The Labute approximate surface area is 83.1 Å². The molecule has 1 saturated heterocycles. The van der Waals surface area contributed by atoms with Crippen molar-refractivity contribution >= 4 is 16.2 Å². The molecule has 0 aromatic carbocycles. The number of hydrogen-bond donors (Lipinski definition) is 2. The summed E-state index contributed by atoms with van der Waals surface area (Å²) < 4.78 is 26.4. The fourth-order valence-electron chi connectivity index (χ4n) is 1.28. The highest BCUT2D eigenvalue weighted by Crippen LogP contribution is 2.11. The number of rotatable bonds is 4. The number of carbonyl (C=O) groups is 1. The average molecular weight is 222 g/mol. The first-order chi connectivity index (χ1) is 6.43. The maximum absolute atomic E-state index is 11.5. The molecular weight excluding hydrogens is 208 g/mol. The van der Waals surface area contributed by atoms with Gasteiger partial charge in [-0.15, -0.1) is 0 Å². The van der Waals surface area contributed by atoms with Crippen LogP contribution in [0.1, 0.15) is 19.8 Å². The quantitative estimate of drug-likeness (QED) is 0.664. The van der Waals surface area contributed by atoms with E-state index in [1.807, 2.05) is 0 Å². The molecule has 1 fully saturated rings. The molecule has 0 radical (unpaired) electrons. The molecule has 1 aliphatic heterocycles. The van der Waals surface area contributed by atoms with Crippen molar-refractivity contribution in [2.75, 3.05) is 13.1 Å². The van der Waals surface area contributed by atoms with Crippen LogP contribution in [-0.2, 0) is 15.0 Å². The summed E-state index contributed by atoms with van der Waals surface area (Å²) in [6.07, 6.45) is 1.67. The number of nitrogens with zero attached hydrogens (tertiary/aromatic N) is 1. The Morgan fingerprint density at radius 2 is 1.93 bits per heavy atom. The van der Waals surface area contributed by atoms with Gasteiger partial charge in [0.15, 0.2) is 0 Å². The predicted molar refractivity (Wildman–Crippen MR) is 50.0 cm³/mol. The minimum absolute atomic E-state index is 0.474. The minimum Gasteiger partial charge on any atom is -0.480 e. The Bertz CT molecular complexity index is 308. The second kappa shape index (κ2) is 4.24. The van der Waals surface area contributed by atoms with Crippen LogP contribution >= 0.6 is 0 Å². The van der Waals surface area contributed by atoms with E-state index in [2.05, 4.69) is 4.72 Å². The van der Waals surface area contributed by atoms with Crippen LogP contribution in [0.15, 0.2) is 0 Å². The SMILES string of the molecule is CC(NS(=O)(=O)N1CCCC1)C(=O)O. The standard InChI is InChI=1S/C7H14N2O4S/c1-6(7(10)11)8-14(12,13)9-4-2-3-5-9/h6,8H,2-5H2,1H3,(H,10,11). The molecule has 1 aliphatic rings. The highest BCUT2D eigenvalue weighted by atomic mass is 32.2. The Kier molecular flexibility index (Phi) is 3.46. The molecule has 0 amide bonds. The van der Waals surface area contributed by atoms with Crippen LogP contribution in [0.2, 0.25) is 0 Å². The van der Waals surface area contributed by atoms with Crippen molar-refractivity contribution in [2.45, 2.75) is 25.8 Å². The molecule has 2 N–H and O–H groups in total. The van der Waals surface area contributed by atoms with Crippen LogP contribution in [0.25, 0.3) is 0 Å². The lowest BCUT2D eigenvalue weighted by Gasteiger charge is -2.17. The van der Waals surface area contributed by atoms with Gasteiger partial charge in [-0.1, -0.05) is 0 Å². The van der Waals surface area contributed by atoms with Gasteiger partial charge in [-0.2, -0.15) is 17.4 Å². The summed E-state index contributed by atoms with van der Waals surface area (Å²) in [4.78, 5) is 10.4. The lowest BCUT2D eigenvalue weighted by Crippen LogP contribution is -2.46. The average Bonchev–Trinajstić information content (AvgIpc) is 2.54. The van der Waals surface area contributed by atoms with Crippen molar-refractivity contribution in [3.8, 4) is 0 Å². The summed E-state index contributed by atoms with van der Waals surface area (Å²) in [6, 6.07) is -1.08. The molecule has 82 valence electrons. The van der Waals surface area contributed by atoms with E-state index in [1.165, 1.54) is 11.2 Å². The Morgan fingerprint density at radius 1 is 1.43 bits per heavy atom. The summed E-state index contributed by atoms with van der Waals surface area (Å²) in [5, 5.41) is 8.54. The van der Waals surface area contributed by atoms with Crippen molar-refractivity contribution in [2.24, 2.45) is 0 Å². The first-order valence-corrected chi connectivity index (χ1v) is 5.87. The monoisotopic (exact) mass is 222 g/mol. The zero-order chi connectivity index (χ0) is 10.8. The van der Waals surface area contributed by atoms with Gasteiger partial charge in [-0.25, -0.2) is 0 Å². The maximum Gasteiger partial charge on any atom is 0.321 e. The lowest BCUT2D eigenvalue weighted by atomic mass is 10.4. The van der Waals surface area contributed by atoms with E-state index >= 15 is 0 Å². The number of carboxylic acids is 1. The number of carboxylic acid groups (broad SMARTS) is 1. The molecule has 1 atom stereocenters. The van der Waals surface area contributed by atoms with Gasteiger partial charge >= 0.3 is 5.97 Å². The first kappa shape index (κ1) is 11.4. The van der Waals surface area contributed by atoms with Gasteiger partial charge in [0.25, 0.3) is 10.2 Å². The molecule has 1 unspecified atom stereocenters. The van der Waals surface area contributed by atoms with Crippen molar-refractivity contribution in [1.29, 1.82) is 0 Å². The van der Waals surface area contributed by atoms with Crippen molar-refractivity contribution in [1.82, 2.24) is 9.03 Å². The van der Waals surface area contributed by atoms with Crippen LogP contribution in [0.5, 0.6) is 0 Å². The predicted octanol–water partition coefficient (Wildman–Crippen LogP) is -0.610. The third-order valence-corrected chi connectivity index (χ3v) is 3.80. The van der Waals surface area contributed by atoms with E-state index in [0.717, 1.165) is 12.8 Å². The van der Waals surface area contributed by atoms with Crippen LogP contribution in [-0.4, -0.2) is 42.9 Å². The van der Waals surface area contributed by atoms with Gasteiger partial charge in [-0.05, 0) is 19.8 Å². The molecule has 0 spiro atoms. The van der Waals surface area contributed by atoms with E-state index in [1.54, 1.807) is 0 Å². The van der Waals surface area contributed by atoms with Crippen LogP contribution in [0.4, 0.5) is 0 Å². The van der Waals surface area contributed by atoms with Gasteiger partial charge in [-0.3, -0.25) is 4.79 Å². The molecule has 7 heteroatoms. The van der Waals surface area contributed by atoms with Gasteiger partial charge < -0.3 is 5.11 Å². The smallest absolute Gasteiger partial charge is 0.321 e. The second-order valence-electron chi connectivity index (χ2n) is 3.29. The Balaban J connectivity index is 2.61. The maximum atomic E-state index is 11.5. The largest absolute Gasteiger partial charge is 0.480 e. The molecule has 0 saturated carbocycles. The molecule has 6 nitrogen and oxygen atoms in total. The van der Waals surface area contributed by atoms with E-state index in [-0.39, 0.29) is 0 Å². The van der Waals surface area contributed by atoms with Crippen molar-refractivity contribution in [3.05, 3.63) is 0 Å². The molecule has 0 aliphatic carbocycles. The molecule has 0 aromatic rings. The first-order valence-electron chi connectivity index (χ1n) is 4.43. The second-order valence-corrected chi connectivity index (χ2v) is 4.99. The van der Waals surface area contributed by atoms with Gasteiger partial charge in [0.1, 0.15) is 6.04 Å².